The second kappa shape index (κ2) is 11.5. The molecule has 8 heteroatoms. The minimum Gasteiger partial charge on any atom is -0.465 e. The molecule has 0 aliphatic rings. The molecular formula is C28H31N3O5. The summed E-state index contributed by atoms with van der Waals surface area (Å²) in [6.45, 7) is 5.64. The van der Waals surface area contributed by atoms with Crippen molar-refractivity contribution in [2.75, 3.05) is 5.32 Å². The average molecular weight is 490 g/mol. The number of hydrogen-bond donors (Lipinski definition) is 4. The van der Waals surface area contributed by atoms with Gasteiger partial charge in [0.15, 0.2) is 6.10 Å². The molecule has 3 amide bonds. The van der Waals surface area contributed by atoms with Crippen LogP contribution in [0.1, 0.15) is 48.3 Å². The highest BCUT2D eigenvalue weighted by atomic mass is 16.4. The number of amides is 3. The molecule has 0 radical (unpaired) electrons. The molecule has 0 bridgehead atoms. The largest absolute Gasteiger partial charge is 0.465 e. The van der Waals surface area contributed by atoms with Gasteiger partial charge in [-0.2, -0.15) is 0 Å². The van der Waals surface area contributed by atoms with E-state index in [1.54, 1.807) is 84.9 Å². The summed E-state index contributed by atoms with van der Waals surface area (Å²) < 4.78 is 0. The third kappa shape index (κ3) is 6.93. The predicted octanol–water partition coefficient (Wildman–Crippen LogP) is 4.44. The Balaban J connectivity index is 1.73. The minimum absolute atomic E-state index is 0.192. The Morgan fingerprint density at radius 1 is 0.861 bits per heavy atom. The molecule has 0 aliphatic heterocycles. The van der Waals surface area contributed by atoms with E-state index >= 15 is 0 Å². The first kappa shape index (κ1) is 26.4. The molecule has 8 nitrogen and oxygen atoms in total. The lowest BCUT2D eigenvalue weighted by atomic mass is 10.00. The van der Waals surface area contributed by atoms with Gasteiger partial charge in [0, 0.05) is 23.3 Å². The smallest absolute Gasteiger partial charge is 0.408 e. The summed E-state index contributed by atoms with van der Waals surface area (Å²) >= 11 is 0. The van der Waals surface area contributed by atoms with Crippen LogP contribution in [-0.2, 0) is 11.3 Å². The van der Waals surface area contributed by atoms with Crippen LogP contribution in [-0.4, -0.2) is 44.7 Å². The summed E-state index contributed by atoms with van der Waals surface area (Å²) in [7, 11) is 0. The van der Waals surface area contributed by atoms with Crippen LogP contribution in [0.25, 0.3) is 0 Å². The van der Waals surface area contributed by atoms with Crippen molar-refractivity contribution in [2.24, 2.45) is 0 Å². The first-order valence-electron chi connectivity index (χ1n) is 11.6. The zero-order chi connectivity index (χ0) is 26.3. The summed E-state index contributed by atoms with van der Waals surface area (Å²) in [4.78, 5) is 38.6. The van der Waals surface area contributed by atoms with E-state index in [0.717, 1.165) is 5.56 Å². The summed E-state index contributed by atoms with van der Waals surface area (Å²) in [6.07, 6.45) is -2.59. The van der Waals surface area contributed by atoms with Crippen LogP contribution >= 0.6 is 0 Å². The van der Waals surface area contributed by atoms with Gasteiger partial charge in [-0.1, -0.05) is 60.7 Å². The first-order chi connectivity index (χ1) is 17.1. The molecule has 4 N–H and O–H groups in total. The van der Waals surface area contributed by atoms with Crippen LogP contribution in [0, 0.1) is 0 Å². The summed E-state index contributed by atoms with van der Waals surface area (Å²) in [5.41, 5.74) is 1.60. The number of benzene rings is 3. The Kier molecular flexibility index (Phi) is 8.45. The van der Waals surface area contributed by atoms with Crippen molar-refractivity contribution < 1.29 is 24.6 Å². The monoisotopic (exact) mass is 489 g/mol. The van der Waals surface area contributed by atoms with E-state index in [1.165, 1.54) is 4.90 Å². The van der Waals surface area contributed by atoms with Crippen molar-refractivity contribution in [3.8, 4) is 0 Å². The van der Waals surface area contributed by atoms with Crippen LogP contribution in [0.2, 0.25) is 0 Å². The van der Waals surface area contributed by atoms with E-state index in [4.69, 9.17) is 0 Å². The SMILES string of the molecule is CC(C)(C)N(Cc1ccc(NC(=O)[C@H](O)[C@@H](NC(=O)c2ccccc2)c2ccccc2)cc1)C(=O)O. The third-order valence-electron chi connectivity index (χ3n) is 5.67. The first-order valence-corrected chi connectivity index (χ1v) is 11.6. The number of hydrogen-bond acceptors (Lipinski definition) is 4. The average Bonchev–Trinajstić information content (AvgIpc) is 2.86. The lowest BCUT2D eigenvalue weighted by molar-refractivity contribution is -0.125. The van der Waals surface area contributed by atoms with Gasteiger partial charge in [0.2, 0.25) is 0 Å². The van der Waals surface area contributed by atoms with E-state index in [1.807, 2.05) is 20.8 Å². The highest BCUT2D eigenvalue weighted by Gasteiger charge is 2.30. The van der Waals surface area contributed by atoms with Gasteiger partial charge in [-0.25, -0.2) is 4.79 Å². The van der Waals surface area contributed by atoms with Crippen LogP contribution in [0.15, 0.2) is 84.9 Å². The van der Waals surface area contributed by atoms with Crippen molar-refractivity contribution in [3.05, 3.63) is 102 Å². The lowest BCUT2D eigenvalue weighted by Crippen LogP contribution is -2.44. The molecule has 0 aromatic heterocycles. The van der Waals surface area contributed by atoms with Gasteiger partial charge in [-0.3, -0.25) is 14.5 Å². The van der Waals surface area contributed by atoms with E-state index < -0.39 is 35.6 Å². The van der Waals surface area contributed by atoms with Crippen LogP contribution in [0.4, 0.5) is 10.5 Å². The molecule has 0 saturated carbocycles. The Bertz CT molecular complexity index is 1180. The van der Waals surface area contributed by atoms with Gasteiger partial charge in [0.05, 0.1) is 6.04 Å². The molecular weight excluding hydrogens is 458 g/mol. The molecule has 2 atom stereocenters. The number of carbonyl (C=O) groups is 3. The van der Waals surface area contributed by atoms with Crippen molar-refractivity contribution in [2.45, 2.75) is 45.0 Å². The maximum atomic E-state index is 12.9. The second-order valence-electron chi connectivity index (χ2n) is 9.40. The van der Waals surface area contributed by atoms with Gasteiger partial charge in [0.25, 0.3) is 11.8 Å². The number of nitrogens with one attached hydrogen (secondary N) is 2. The van der Waals surface area contributed by atoms with Crippen LogP contribution in [0.5, 0.6) is 0 Å². The number of nitrogens with zero attached hydrogens (tertiary/aromatic N) is 1. The van der Waals surface area contributed by atoms with Crippen LogP contribution in [0.3, 0.4) is 0 Å². The Morgan fingerprint density at radius 2 is 1.42 bits per heavy atom. The van der Waals surface area contributed by atoms with Gasteiger partial charge in [-0.15, -0.1) is 0 Å². The maximum absolute atomic E-state index is 12.9. The number of rotatable bonds is 8. The molecule has 3 rings (SSSR count). The van der Waals surface area contributed by atoms with Crippen LogP contribution < -0.4 is 10.6 Å². The molecule has 0 heterocycles. The zero-order valence-corrected chi connectivity index (χ0v) is 20.5. The minimum atomic E-state index is -1.57. The third-order valence-corrected chi connectivity index (χ3v) is 5.67. The number of aliphatic hydroxyl groups excluding tert-OH is 1. The number of carboxylic acid groups (broad SMARTS) is 1. The molecule has 0 fully saturated rings. The standard InChI is InChI=1S/C28H31N3O5/c1-28(2,3)31(27(35)36)18-19-14-16-22(17-15-19)29-26(34)24(32)23(20-10-6-4-7-11-20)30-25(33)21-12-8-5-9-13-21/h4-17,23-24,32H,18H2,1-3H3,(H,29,34)(H,30,33)(H,35,36)/t23-,24+/m0/s1. The summed E-state index contributed by atoms with van der Waals surface area (Å²) in [5, 5.41) is 25.8. The van der Waals surface area contributed by atoms with E-state index in [9.17, 15) is 24.6 Å². The van der Waals surface area contributed by atoms with Gasteiger partial charge in [0.1, 0.15) is 0 Å². The maximum Gasteiger partial charge on any atom is 0.408 e. The normalized spacial score (nSPS) is 12.8. The molecule has 0 aliphatic carbocycles. The fourth-order valence-corrected chi connectivity index (χ4v) is 3.65. The number of aliphatic hydroxyl groups is 1. The van der Waals surface area contributed by atoms with Crippen molar-refractivity contribution in [3.63, 3.8) is 0 Å². The number of anilines is 1. The fraction of sp³-hybridized carbons (Fsp3) is 0.250. The van der Waals surface area contributed by atoms with E-state index in [0.29, 0.717) is 16.8 Å². The van der Waals surface area contributed by atoms with Gasteiger partial charge >= 0.3 is 6.09 Å². The predicted molar refractivity (Wildman–Crippen MR) is 137 cm³/mol. The lowest BCUT2D eigenvalue weighted by Gasteiger charge is -2.33. The molecule has 3 aromatic carbocycles. The number of carbonyl (C=O) groups excluding carboxylic acids is 2. The van der Waals surface area contributed by atoms with Crippen molar-refractivity contribution in [1.82, 2.24) is 10.2 Å². The molecule has 0 spiro atoms. The fourth-order valence-electron chi connectivity index (χ4n) is 3.65. The van der Waals surface area contributed by atoms with Gasteiger partial charge in [-0.05, 0) is 56.2 Å². The van der Waals surface area contributed by atoms with E-state index in [2.05, 4.69) is 10.6 Å². The molecule has 188 valence electrons. The molecule has 3 aromatic rings. The molecule has 36 heavy (non-hydrogen) atoms. The Labute approximate surface area is 210 Å². The zero-order valence-electron chi connectivity index (χ0n) is 20.5. The van der Waals surface area contributed by atoms with Crippen molar-refractivity contribution in [1.29, 1.82) is 0 Å². The second-order valence-corrected chi connectivity index (χ2v) is 9.40. The van der Waals surface area contributed by atoms with Gasteiger partial charge < -0.3 is 20.8 Å². The van der Waals surface area contributed by atoms with Crippen molar-refractivity contribution >= 4 is 23.6 Å². The summed E-state index contributed by atoms with van der Waals surface area (Å²) in [5.74, 6) is -1.10. The highest BCUT2D eigenvalue weighted by molar-refractivity contribution is 5.97. The molecule has 0 unspecified atom stereocenters. The quantitative estimate of drug-likeness (QED) is 0.373. The highest BCUT2D eigenvalue weighted by Crippen LogP contribution is 2.21. The Hall–Kier alpha value is -4.17. The summed E-state index contributed by atoms with van der Waals surface area (Å²) in [6, 6.07) is 23.1. The van der Waals surface area contributed by atoms with E-state index in [-0.39, 0.29) is 6.54 Å². The topological polar surface area (TPSA) is 119 Å². The molecule has 0 saturated heterocycles. The Morgan fingerprint density at radius 3 is 1.94 bits per heavy atom.